The molecule has 2 heterocycles. The molecule has 0 saturated carbocycles. The summed E-state index contributed by atoms with van der Waals surface area (Å²) in [6.07, 6.45) is 5.69. The fraction of sp³-hybridized carbons (Fsp3) is 0.692. The molecular weight excluding hydrogens is 230 g/mol. The largest absolute Gasteiger partial charge is 0.376 e. The van der Waals surface area contributed by atoms with Gasteiger partial charge in [0.1, 0.15) is 0 Å². The van der Waals surface area contributed by atoms with E-state index >= 15 is 0 Å². The molecule has 1 aliphatic rings. The molecule has 18 heavy (non-hydrogen) atoms. The van der Waals surface area contributed by atoms with E-state index in [1.807, 2.05) is 20.8 Å². The molecule has 1 aromatic rings. The summed E-state index contributed by atoms with van der Waals surface area (Å²) < 4.78 is 7.28. The van der Waals surface area contributed by atoms with Gasteiger partial charge in [-0.25, -0.2) is 4.98 Å². The molecule has 0 radical (unpaired) electrons. The van der Waals surface area contributed by atoms with Crippen LogP contribution in [0, 0.1) is 0 Å². The summed E-state index contributed by atoms with van der Waals surface area (Å²) in [5.74, 6) is 0.411. The highest BCUT2D eigenvalue weighted by Crippen LogP contribution is 2.17. The lowest BCUT2D eigenvalue weighted by atomic mass is 10.1. The molecule has 0 aliphatic carbocycles. The lowest BCUT2D eigenvalue weighted by Gasteiger charge is -2.20. The number of anilines is 1. The van der Waals surface area contributed by atoms with E-state index in [1.54, 1.807) is 17.0 Å². The van der Waals surface area contributed by atoms with E-state index < -0.39 is 0 Å². The van der Waals surface area contributed by atoms with Gasteiger partial charge >= 0.3 is 0 Å². The molecule has 2 rings (SSSR count). The van der Waals surface area contributed by atoms with Crippen molar-refractivity contribution in [1.82, 2.24) is 9.55 Å². The molecule has 0 spiro atoms. The van der Waals surface area contributed by atoms with Crippen LogP contribution in [0.2, 0.25) is 0 Å². The number of hydrogen-bond acceptors (Lipinski definition) is 4. The third kappa shape index (κ3) is 2.72. The SMILES string of the molecule is CC(Nc1nccn(C(C)C)c1=O)C1CCCO1. The van der Waals surface area contributed by atoms with Crippen LogP contribution in [-0.2, 0) is 4.74 Å². The van der Waals surface area contributed by atoms with Crippen molar-refractivity contribution >= 4 is 5.82 Å². The first-order valence-electron chi connectivity index (χ1n) is 6.55. The predicted molar refractivity (Wildman–Crippen MR) is 70.9 cm³/mol. The van der Waals surface area contributed by atoms with Gasteiger partial charge in [0, 0.05) is 25.0 Å². The monoisotopic (exact) mass is 251 g/mol. The second kappa shape index (κ2) is 5.52. The zero-order chi connectivity index (χ0) is 13.1. The van der Waals surface area contributed by atoms with Gasteiger partial charge in [0.25, 0.3) is 5.56 Å². The maximum absolute atomic E-state index is 12.2. The van der Waals surface area contributed by atoms with E-state index in [4.69, 9.17) is 4.74 Å². The highest BCUT2D eigenvalue weighted by atomic mass is 16.5. The standard InChI is InChI=1S/C13H21N3O2/c1-9(2)16-7-6-14-12(13(16)17)15-10(3)11-5-4-8-18-11/h6-7,9-11H,4-5,8H2,1-3H3,(H,14,15). The van der Waals surface area contributed by atoms with Gasteiger partial charge in [-0.05, 0) is 33.6 Å². The smallest absolute Gasteiger partial charge is 0.293 e. The molecule has 100 valence electrons. The van der Waals surface area contributed by atoms with Gasteiger partial charge in [-0.1, -0.05) is 0 Å². The van der Waals surface area contributed by atoms with Crippen molar-refractivity contribution < 1.29 is 4.74 Å². The Morgan fingerprint density at radius 1 is 1.50 bits per heavy atom. The van der Waals surface area contributed by atoms with Gasteiger partial charge in [-0.2, -0.15) is 0 Å². The van der Waals surface area contributed by atoms with Crippen LogP contribution in [0.15, 0.2) is 17.2 Å². The van der Waals surface area contributed by atoms with Crippen LogP contribution in [0.4, 0.5) is 5.82 Å². The molecule has 5 heteroatoms. The Hall–Kier alpha value is -1.36. The summed E-state index contributed by atoms with van der Waals surface area (Å²) in [6.45, 7) is 6.81. The molecule has 0 bridgehead atoms. The Labute approximate surface area is 107 Å². The Bertz CT molecular complexity index is 450. The van der Waals surface area contributed by atoms with E-state index in [0.717, 1.165) is 19.4 Å². The van der Waals surface area contributed by atoms with Gasteiger partial charge in [0.05, 0.1) is 12.1 Å². The van der Waals surface area contributed by atoms with Crippen molar-refractivity contribution in [3.63, 3.8) is 0 Å². The van der Waals surface area contributed by atoms with Crippen LogP contribution < -0.4 is 10.9 Å². The minimum atomic E-state index is -0.0719. The maximum atomic E-state index is 12.2. The van der Waals surface area contributed by atoms with Crippen LogP contribution in [0.1, 0.15) is 39.7 Å². The molecule has 1 N–H and O–H groups in total. The van der Waals surface area contributed by atoms with Crippen LogP contribution >= 0.6 is 0 Å². The molecule has 0 amide bonds. The van der Waals surface area contributed by atoms with Crippen LogP contribution in [-0.4, -0.2) is 28.3 Å². The molecule has 1 aliphatic heterocycles. The predicted octanol–water partition coefficient (Wildman–Crippen LogP) is 1.80. The van der Waals surface area contributed by atoms with Crippen molar-refractivity contribution in [2.24, 2.45) is 0 Å². The van der Waals surface area contributed by atoms with E-state index in [0.29, 0.717) is 5.82 Å². The molecule has 5 nitrogen and oxygen atoms in total. The van der Waals surface area contributed by atoms with Crippen molar-refractivity contribution in [2.75, 3.05) is 11.9 Å². The van der Waals surface area contributed by atoms with E-state index in [2.05, 4.69) is 10.3 Å². The third-order valence-electron chi connectivity index (χ3n) is 3.31. The molecule has 1 fully saturated rings. The van der Waals surface area contributed by atoms with Crippen LogP contribution in [0.3, 0.4) is 0 Å². The van der Waals surface area contributed by atoms with Crippen molar-refractivity contribution in [1.29, 1.82) is 0 Å². The number of aromatic nitrogens is 2. The topological polar surface area (TPSA) is 56.2 Å². The average molecular weight is 251 g/mol. The van der Waals surface area contributed by atoms with Crippen molar-refractivity contribution in [3.8, 4) is 0 Å². The lowest BCUT2D eigenvalue weighted by Crippen LogP contribution is -2.34. The Morgan fingerprint density at radius 2 is 2.28 bits per heavy atom. The Balaban J connectivity index is 2.13. The summed E-state index contributed by atoms with van der Waals surface area (Å²) >= 11 is 0. The number of nitrogens with one attached hydrogen (secondary N) is 1. The van der Waals surface area contributed by atoms with E-state index in [-0.39, 0.29) is 23.7 Å². The minimum Gasteiger partial charge on any atom is -0.376 e. The normalized spacial score (nSPS) is 21.2. The average Bonchev–Trinajstić information content (AvgIpc) is 2.85. The minimum absolute atomic E-state index is 0.0719. The molecule has 2 atom stereocenters. The zero-order valence-electron chi connectivity index (χ0n) is 11.2. The first kappa shape index (κ1) is 13.1. The van der Waals surface area contributed by atoms with Crippen LogP contribution in [0.25, 0.3) is 0 Å². The summed E-state index contributed by atoms with van der Waals surface area (Å²) in [7, 11) is 0. The maximum Gasteiger partial charge on any atom is 0.293 e. The van der Waals surface area contributed by atoms with Gasteiger partial charge in [0.2, 0.25) is 0 Å². The number of nitrogens with zero attached hydrogens (tertiary/aromatic N) is 2. The zero-order valence-corrected chi connectivity index (χ0v) is 11.2. The summed E-state index contributed by atoms with van der Waals surface area (Å²) in [6, 6.07) is 0.245. The highest BCUT2D eigenvalue weighted by molar-refractivity contribution is 5.32. The van der Waals surface area contributed by atoms with Gasteiger partial charge in [-0.15, -0.1) is 0 Å². The number of hydrogen-bond donors (Lipinski definition) is 1. The summed E-state index contributed by atoms with van der Waals surface area (Å²) in [4.78, 5) is 16.3. The molecule has 1 saturated heterocycles. The second-order valence-electron chi connectivity index (χ2n) is 5.07. The fourth-order valence-electron chi connectivity index (χ4n) is 2.24. The lowest BCUT2D eigenvalue weighted by molar-refractivity contribution is 0.0995. The Kier molecular flexibility index (Phi) is 4.01. The van der Waals surface area contributed by atoms with E-state index in [1.165, 1.54) is 0 Å². The second-order valence-corrected chi connectivity index (χ2v) is 5.07. The third-order valence-corrected chi connectivity index (χ3v) is 3.31. The first-order valence-corrected chi connectivity index (χ1v) is 6.55. The fourth-order valence-corrected chi connectivity index (χ4v) is 2.24. The Morgan fingerprint density at radius 3 is 2.89 bits per heavy atom. The van der Waals surface area contributed by atoms with Crippen LogP contribution in [0.5, 0.6) is 0 Å². The summed E-state index contributed by atoms with van der Waals surface area (Å²) in [5, 5.41) is 3.18. The van der Waals surface area contributed by atoms with Crippen molar-refractivity contribution in [3.05, 3.63) is 22.7 Å². The molecule has 1 aromatic heterocycles. The highest BCUT2D eigenvalue weighted by Gasteiger charge is 2.23. The number of ether oxygens (including phenoxy) is 1. The molecule has 2 unspecified atom stereocenters. The van der Waals surface area contributed by atoms with Gasteiger partial charge in [0.15, 0.2) is 5.82 Å². The van der Waals surface area contributed by atoms with E-state index in [9.17, 15) is 4.79 Å². The summed E-state index contributed by atoms with van der Waals surface area (Å²) in [5.41, 5.74) is -0.0719. The molecule has 0 aromatic carbocycles. The first-order chi connectivity index (χ1) is 8.59. The molecular formula is C13H21N3O2. The quantitative estimate of drug-likeness (QED) is 0.886. The van der Waals surface area contributed by atoms with Gasteiger partial charge in [-0.3, -0.25) is 4.79 Å². The number of rotatable bonds is 4. The van der Waals surface area contributed by atoms with Crippen molar-refractivity contribution in [2.45, 2.75) is 51.8 Å². The van der Waals surface area contributed by atoms with Gasteiger partial charge < -0.3 is 14.6 Å².